The zero-order chi connectivity index (χ0) is 17.7. The van der Waals surface area contributed by atoms with E-state index < -0.39 is 0 Å². The number of benzene rings is 1. The molecule has 134 valence electrons. The monoisotopic (exact) mass is 337 g/mol. The number of aliphatic hydroxyl groups excluding tert-OH is 1. The van der Waals surface area contributed by atoms with Crippen molar-refractivity contribution >= 4 is 11.7 Å². The van der Waals surface area contributed by atoms with Crippen molar-refractivity contribution in [2.45, 2.75) is 45.8 Å². The quantitative estimate of drug-likeness (QED) is 0.774. The van der Waals surface area contributed by atoms with Crippen LogP contribution in [0.2, 0.25) is 0 Å². The van der Waals surface area contributed by atoms with Crippen LogP contribution in [0.5, 0.6) is 0 Å². The number of rotatable bonds is 5. The van der Waals surface area contributed by atoms with Crippen LogP contribution < -0.4 is 15.5 Å². The van der Waals surface area contributed by atoms with Gasteiger partial charge in [0.15, 0.2) is 0 Å². The van der Waals surface area contributed by atoms with Crippen molar-refractivity contribution in [2.24, 2.45) is 5.92 Å². The third-order valence-electron chi connectivity index (χ3n) is 4.28. The third kappa shape index (κ3) is 5.09. The smallest absolute Gasteiger partial charge is 0.315 e. The SMILES string of the molecule is CC(C)CNC(=O)NC(C)c1cc(F)ccc1N1CCC(O)CC1. The van der Waals surface area contributed by atoms with Crippen LogP contribution in [0.15, 0.2) is 18.2 Å². The average Bonchev–Trinajstić information content (AvgIpc) is 2.54. The summed E-state index contributed by atoms with van der Waals surface area (Å²) in [5, 5.41) is 15.4. The van der Waals surface area contributed by atoms with Crippen molar-refractivity contribution in [3.63, 3.8) is 0 Å². The topological polar surface area (TPSA) is 64.6 Å². The minimum Gasteiger partial charge on any atom is -0.393 e. The number of hydrogen-bond donors (Lipinski definition) is 3. The van der Waals surface area contributed by atoms with E-state index in [2.05, 4.69) is 15.5 Å². The van der Waals surface area contributed by atoms with Gasteiger partial charge in [-0.2, -0.15) is 0 Å². The molecule has 1 aliphatic rings. The molecule has 2 rings (SSSR count). The van der Waals surface area contributed by atoms with Crippen LogP contribution in [-0.4, -0.2) is 36.9 Å². The largest absolute Gasteiger partial charge is 0.393 e. The van der Waals surface area contributed by atoms with E-state index in [4.69, 9.17) is 0 Å². The van der Waals surface area contributed by atoms with Crippen LogP contribution in [0.25, 0.3) is 0 Å². The molecular formula is C18H28FN3O2. The van der Waals surface area contributed by atoms with Gasteiger partial charge in [-0.15, -0.1) is 0 Å². The Morgan fingerprint density at radius 2 is 2.00 bits per heavy atom. The van der Waals surface area contributed by atoms with Crippen molar-refractivity contribution < 1.29 is 14.3 Å². The molecule has 0 aromatic heterocycles. The highest BCUT2D eigenvalue weighted by Crippen LogP contribution is 2.29. The van der Waals surface area contributed by atoms with Crippen molar-refractivity contribution in [2.75, 3.05) is 24.5 Å². The minimum absolute atomic E-state index is 0.250. The molecule has 24 heavy (non-hydrogen) atoms. The lowest BCUT2D eigenvalue weighted by Gasteiger charge is -2.34. The first-order chi connectivity index (χ1) is 11.4. The van der Waals surface area contributed by atoms with E-state index in [0.717, 1.165) is 24.3 Å². The molecule has 6 heteroatoms. The summed E-state index contributed by atoms with van der Waals surface area (Å²) in [7, 11) is 0. The molecule has 1 saturated heterocycles. The normalized spacial score (nSPS) is 17.0. The van der Waals surface area contributed by atoms with Gasteiger partial charge in [0.2, 0.25) is 0 Å². The van der Waals surface area contributed by atoms with Gasteiger partial charge in [-0.1, -0.05) is 13.8 Å². The number of urea groups is 1. The maximum Gasteiger partial charge on any atom is 0.315 e. The number of carbonyl (C=O) groups excluding carboxylic acids is 1. The summed E-state index contributed by atoms with van der Waals surface area (Å²) in [5.74, 6) is 0.0533. The summed E-state index contributed by atoms with van der Waals surface area (Å²) in [6.07, 6.45) is 1.14. The van der Waals surface area contributed by atoms with Crippen molar-refractivity contribution in [1.29, 1.82) is 0 Å². The van der Waals surface area contributed by atoms with Crippen molar-refractivity contribution in [1.82, 2.24) is 10.6 Å². The molecule has 1 unspecified atom stereocenters. The maximum absolute atomic E-state index is 13.7. The van der Waals surface area contributed by atoms with Crippen molar-refractivity contribution in [3.05, 3.63) is 29.6 Å². The summed E-state index contributed by atoms with van der Waals surface area (Å²) >= 11 is 0. The van der Waals surface area contributed by atoms with Crippen LogP contribution in [0.4, 0.5) is 14.9 Å². The van der Waals surface area contributed by atoms with Gasteiger partial charge in [-0.25, -0.2) is 9.18 Å². The fraction of sp³-hybridized carbons (Fsp3) is 0.611. The second-order valence-electron chi connectivity index (χ2n) is 6.89. The molecule has 0 aliphatic carbocycles. The molecule has 2 amide bonds. The molecular weight excluding hydrogens is 309 g/mol. The molecule has 5 nitrogen and oxygen atoms in total. The van der Waals surface area contributed by atoms with Gasteiger partial charge >= 0.3 is 6.03 Å². The number of anilines is 1. The highest BCUT2D eigenvalue weighted by atomic mass is 19.1. The highest BCUT2D eigenvalue weighted by Gasteiger charge is 2.22. The van der Waals surface area contributed by atoms with Crippen LogP contribution in [0, 0.1) is 11.7 Å². The summed E-state index contributed by atoms with van der Waals surface area (Å²) in [6, 6.07) is 4.12. The van der Waals surface area contributed by atoms with Crippen LogP contribution in [0.3, 0.4) is 0 Å². The van der Waals surface area contributed by atoms with Gasteiger partial charge in [0.05, 0.1) is 12.1 Å². The predicted octanol–water partition coefficient (Wildman–Crippen LogP) is 2.80. The Labute approximate surface area is 143 Å². The van der Waals surface area contributed by atoms with Crippen LogP contribution in [0.1, 0.15) is 45.2 Å². The number of nitrogens with one attached hydrogen (secondary N) is 2. The summed E-state index contributed by atoms with van der Waals surface area (Å²) < 4.78 is 13.7. The minimum atomic E-state index is -0.318. The molecule has 1 heterocycles. The van der Waals surface area contributed by atoms with Gasteiger partial charge in [0.1, 0.15) is 5.82 Å². The maximum atomic E-state index is 13.7. The van der Waals surface area contributed by atoms with Gasteiger partial charge in [0, 0.05) is 30.9 Å². The molecule has 1 fully saturated rings. The van der Waals surface area contributed by atoms with Crippen LogP contribution in [-0.2, 0) is 0 Å². The second kappa shape index (κ2) is 8.33. The Hall–Kier alpha value is -1.82. The lowest BCUT2D eigenvalue weighted by atomic mass is 10.0. The number of amides is 2. The first kappa shape index (κ1) is 18.5. The summed E-state index contributed by atoms with van der Waals surface area (Å²) in [5.41, 5.74) is 1.67. The Morgan fingerprint density at radius 3 is 2.62 bits per heavy atom. The first-order valence-corrected chi connectivity index (χ1v) is 8.63. The van der Waals surface area contributed by atoms with E-state index in [0.29, 0.717) is 25.3 Å². The van der Waals surface area contributed by atoms with Gasteiger partial charge < -0.3 is 20.6 Å². The number of nitrogens with zero attached hydrogens (tertiary/aromatic N) is 1. The van der Waals surface area contributed by atoms with E-state index in [9.17, 15) is 14.3 Å². The van der Waals surface area contributed by atoms with Crippen LogP contribution >= 0.6 is 0 Å². The second-order valence-corrected chi connectivity index (χ2v) is 6.89. The first-order valence-electron chi connectivity index (χ1n) is 8.63. The van der Waals surface area contributed by atoms with Gasteiger partial charge in [-0.3, -0.25) is 0 Å². The number of halogens is 1. The molecule has 1 aromatic rings. The molecule has 1 aromatic carbocycles. The molecule has 1 atom stereocenters. The molecule has 0 spiro atoms. The zero-order valence-electron chi connectivity index (χ0n) is 14.7. The van der Waals surface area contributed by atoms with E-state index in [1.807, 2.05) is 20.8 Å². The van der Waals surface area contributed by atoms with Crippen molar-refractivity contribution in [3.8, 4) is 0 Å². The predicted molar refractivity (Wildman–Crippen MR) is 93.6 cm³/mol. The highest BCUT2D eigenvalue weighted by molar-refractivity contribution is 5.75. The van der Waals surface area contributed by atoms with Gasteiger partial charge in [-0.05, 0) is 43.9 Å². The zero-order valence-corrected chi connectivity index (χ0v) is 14.7. The standard InChI is InChI=1S/C18H28FN3O2/c1-12(2)11-20-18(24)21-13(3)16-10-14(19)4-5-17(16)22-8-6-15(23)7-9-22/h4-5,10,12-13,15,23H,6-9,11H2,1-3H3,(H2,20,21,24). The van der Waals surface area contributed by atoms with E-state index in [1.165, 1.54) is 12.1 Å². The molecule has 0 saturated carbocycles. The van der Waals surface area contributed by atoms with E-state index in [-0.39, 0.29) is 24.0 Å². The summed E-state index contributed by atoms with van der Waals surface area (Å²) in [6.45, 7) is 7.96. The lowest BCUT2D eigenvalue weighted by molar-refractivity contribution is 0.145. The molecule has 1 aliphatic heterocycles. The number of aliphatic hydroxyl groups is 1. The van der Waals surface area contributed by atoms with E-state index >= 15 is 0 Å². The lowest BCUT2D eigenvalue weighted by Crippen LogP contribution is -2.40. The molecule has 0 bridgehead atoms. The third-order valence-corrected chi connectivity index (χ3v) is 4.28. The van der Waals surface area contributed by atoms with E-state index in [1.54, 1.807) is 6.07 Å². The number of piperidine rings is 1. The fourth-order valence-corrected chi connectivity index (χ4v) is 2.89. The van der Waals surface area contributed by atoms with Gasteiger partial charge in [0.25, 0.3) is 0 Å². The molecule has 3 N–H and O–H groups in total. The summed E-state index contributed by atoms with van der Waals surface area (Å²) in [4.78, 5) is 14.1. The Bertz CT molecular complexity index is 557. The number of hydrogen-bond acceptors (Lipinski definition) is 3. The average molecular weight is 337 g/mol. The Morgan fingerprint density at radius 1 is 1.33 bits per heavy atom. The molecule has 0 radical (unpaired) electrons. The Balaban J connectivity index is 2.10. The fourth-order valence-electron chi connectivity index (χ4n) is 2.89. The number of carbonyl (C=O) groups is 1. The Kier molecular flexibility index (Phi) is 6.43.